The van der Waals surface area contributed by atoms with Gasteiger partial charge in [0, 0.05) is 31.7 Å². The number of nitrogens with zero attached hydrogens (tertiary/aromatic N) is 2. The molecule has 31 heavy (non-hydrogen) atoms. The molecule has 0 radical (unpaired) electrons. The third kappa shape index (κ3) is 5.89. The Hall–Kier alpha value is -2.32. The van der Waals surface area contributed by atoms with Gasteiger partial charge in [-0.1, -0.05) is 23.7 Å². The minimum Gasteiger partial charge on any atom is -0.482 e. The molecular formula is C22H23ClF4N2O2. The zero-order valence-corrected chi connectivity index (χ0v) is 17.9. The van der Waals surface area contributed by atoms with Crippen molar-refractivity contribution in [3.63, 3.8) is 0 Å². The van der Waals surface area contributed by atoms with Crippen LogP contribution in [0.2, 0.25) is 5.02 Å². The minimum absolute atomic E-state index is 0.0265. The third-order valence-electron chi connectivity index (χ3n) is 5.34. The number of rotatable bonds is 5. The van der Waals surface area contributed by atoms with E-state index in [1.54, 1.807) is 17.0 Å². The molecular weight excluding hydrogens is 436 g/mol. The first-order valence-corrected chi connectivity index (χ1v) is 10.2. The van der Waals surface area contributed by atoms with Crippen molar-refractivity contribution >= 4 is 17.5 Å². The molecule has 1 heterocycles. The van der Waals surface area contributed by atoms with Gasteiger partial charge in [0.15, 0.2) is 6.61 Å². The predicted molar refractivity (Wildman–Crippen MR) is 109 cm³/mol. The van der Waals surface area contributed by atoms with Crippen LogP contribution < -0.4 is 4.74 Å². The van der Waals surface area contributed by atoms with Crippen LogP contribution in [-0.2, 0) is 17.5 Å². The highest BCUT2D eigenvalue weighted by atomic mass is 35.5. The lowest BCUT2D eigenvalue weighted by atomic mass is 10.1. The van der Waals surface area contributed by atoms with Crippen LogP contribution in [0.5, 0.6) is 5.75 Å². The van der Waals surface area contributed by atoms with E-state index in [1.807, 2.05) is 13.8 Å². The Morgan fingerprint density at radius 2 is 1.77 bits per heavy atom. The molecule has 1 amide bonds. The average molecular weight is 459 g/mol. The summed E-state index contributed by atoms with van der Waals surface area (Å²) in [6.45, 7) is 5.36. The summed E-state index contributed by atoms with van der Waals surface area (Å²) in [6.07, 6.45) is -4.50. The Labute approximate surface area is 183 Å². The molecule has 1 saturated heterocycles. The molecule has 9 heteroatoms. The number of benzene rings is 2. The lowest BCUT2D eigenvalue weighted by molar-refractivity contribution is -0.140. The standard InChI is InChI=1S/C22H23ClF4N2O2/c1-14-11-29(15(2)10-28(14)12-16-3-6-18(24)7-4-16)21(30)13-31-20-8-5-17(9-19(20)23)22(25,26)27/h3-9,14-15H,10-13H2,1-2H3/t14-,15+/m1/s1. The zero-order chi connectivity index (χ0) is 22.8. The predicted octanol–water partition coefficient (Wildman–Crippen LogP) is 5.00. The van der Waals surface area contributed by atoms with E-state index >= 15 is 0 Å². The zero-order valence-electron chi connectivity index (χ0n) is 17.1. The van der Waals surface area contributed by atoms with E-state index in [4.69, 9.17) is 16.3 Å². The maximum Gasteiger partial charge on any atom is 0.416 e. The molecule has 2 aromatic rings. The molecule has 0 unspecified atom stereocenters. The first-order chi connectivity index (χ1) is 14.5. The molecule has 1 fully saturated rings. The summed E-state index contributed by atoms with van der Waals surface area (Å²) >= 11 is 5.88. The Morgan fingerprint density at radius 1 is 1.10 bits per heavy atom. The van der Waals surface area contributed by atoms with Gasteiger partial charge in [0.1, 0.15) is 11.6 Å². The van der Waals surface area contributed by atoms with E-state index in [0.29, 0.717) is 19.6 Å². The van der Waals surface area contributed by atoms with Gasteiger partial charge in [-0.25, -0.2) is 4.39 Å². The molecule has 2 atom stereocenters. The van der Waals surface area contributed by atoms with Crippen LogP contribution in [0, 0.1) is 5.82 Å². The van der Waals surface area contributed by atoms with Crippen LogP contribution in [0.1, 0.15) is 25.0 Å². The normalized spacial score (nSPS) is 20.0. The third-order valence-corrected chi connectivity index (χ3v) is 5.64. The van der Waals surface area contributed by atoms with E-state index < -0.39 is 11.7 Å². The van der Waals surface area contributed by atoms with E-state index in [-0.39, 0.29) is 41.2 Å². The summed E-state index contributed by atoms with van der Waals surface area (Å²) in [5.41, 5.74) is 0.108. The molecule has 1 aliphatic heterocycles. The second kappa shape index (κ2) is 9.44. The SMILES string of the molecule is C[C@@H]1CN(C(=O)COc2ccc(C(F)(F)F)cc2Cl)[C@@H](C)CN1Cc1ccc(F)cc1. The van der Waals surface area contributed by atoms with Crippen LogP contribution in [0.4, 0.5) is 17.6 Å². The summed E-state index contributed by atoms with van der Waals surface area (Å²) < 4.78 is 56.7. The average Bonchev–Trinajstić information content (AvgIpc) is 2.70. The summed E-state index contributed by atoms with van der Waals surface area (Å²) in [7, 11) is 0. The summed E-state index contributed by atoms with van der Waals surface area (Å²) in [6, 6.07) is 9.07. The van der Waals surface area contributed by atoms with Crippen molar-refractivity contribution in [2.75, 3.05) is 19.7 Å². The molecule has 0 N–H and O–H groups in total. The highest BCUT2D eigenvalue weighted by molar-refractivity contribution is 6.32. The van der Waals surface area contributed by atoms with E-state index in [1.165, 1.54) is 12.1 Å². The molecule has 0 aromatic heterocycles. The summed E-state index contributed by atoms with van der Waals surface area (Å²) in [5.74, 6) is -0.524. The number of hydrogen-bond acceptors (Lipinski definition) is 3. The van der Waals surface area contributed by atoms with Gasteiger partial charge < -0.3 is 9.64 Å². The highest BCUT2D eigenvalue weighted by Gasteiger charge is 2.33. The Kier molecular flexibility index (Phi) is 7.11. The maximum absolute atomic E-state index is 13.1. The summed E-state index contributed by atoms with van der Waals surface area (Å²) in [4.78, 5) is 16.6. The number of amides is 1. The van der Waals surface area contributed by atoms with E-state index in [0.717, 1.165) is 23.8 Å². The van der Waals surface area contributed by atoms with E-state index in [9.17, 15) is 22.4 Å². The lowest BCUT2D eigenvalue weighted by Crippen LogP contribution is -2.58. The molecule has 2 aromatic carbocycles. The second-order valence-corrected chi connectivity index (χ2v) is 8.14. The molecule has 3 rings (SSSR count). The van der Waals surface area contributed by atoms with Gasteiger partial charge in [-0.2, -0.15) is 13.2 Å². The number of ether oxygens (including phenoxy) is 1. The topological polar surface area (TPSA) is 32.8 Å². The largest absolute Gasteiger partial charge is 0.482 e. The van der Waals surface area contributed by atoms with Crippen molar-refractivity contribution in [1.29, 1.82) is 0 Å². The van der Waals surface area contributed by atoms with Crippen molar-refractivity contribution < 1.29 is 27.1 Å². The number of carbonyl (C=O) groups excluding carboxylic acids is 1. The molecule has 0 aliphatic carbocycles. The van der Waals surface area contributed by atoms with Crippen LogP contribution in [0.15, 0.2) is 42.5 Å². The van der Waals surface area contributed by atoms with Crippen LogP contribution >= 0.6 is 11.6 Å². The second-order valence-electron chi connectivity index (χ2n) is 7.73. The van der Waals surface area contributed by atoms with Crippen molar-refractivity contribution in [2.24, 2.45) is 0 Å². The van der Waals surface area contributed by atoms with Gasteiger partial charge in [-0.15, -0.1) is 0 Å². The number of alkyl halides is 3. The van der Waals surface area contributed by atoms with Gasteiger partial charge in [-0.05, 0) is 49.7 Å². The van der Waals surface area contributed by atoms with E-state index in [2.05, 4.69) is 4.90 Å². The van der Waals surface area contributed by atoms with Crippen LogP contribution in [0.25, 0.3) is 0 Å². The fourth-order valence-corrected chi connectivity index (χ4v) is 3.84. The Bertz CT molecular complexity index is 921. The molecule has 1 aliphatic rings. The minimum atomic E-state index is -4.50. The van der Waals surface area contributed by atoms with Crippen molar-refractivity contribution in [3.05, 3.63) is 64.4 Å². The fourth-order valence-electron chi connectivity index (χ4n) is 3.61. The highest BCUT2D eigenvalue weighted by Crippen LogP contribution is 2.34. The van der Waals surface area contributed by atoms with Gasteiger partial charge in [0.05, 0.1) is 10.6 Å². The number of hydrogen-bond donors (Lipinski definition) is 0. The van der Waals surface area contributed by atoms with Crippen LogP contribution in [-0.4, -0.2) is 47.5 Å². The van der Waals surface area contributed by atoms with Crippen molar-refractivity contribution in [1.82, 2.24) is 9.80 Å². The Morgan fingerprint density at radius 3 is 2.39 bits per heavy atom. The Balaban J connectivity index is 1.57. The molecule has 4 nitrogen and oxygen atoms in total. The molecule has 0 saturated carbocycles. The number of piperazine rings is 1. The summed E-state index contributed by atoms with van der Waals surface area (Å²) in [5, 5.41) is -0.201. The maximum atomic E-state index is 13.1. The number of halogens is 5. The molecule has 0 bridgehead atoms. The number of carbonyl (C=O) groups is 1. The fraction of sp³-hybridized carbons (Fsp3) is 0.409. The van der Waals surface area contributed by atoms with Crippen molar-refractivity contribution in [2.45, 2.75) is 38.7 Å². The molecule has 168 valence electrons. The van der Waals surface area contributed by atoms with Crippen molar-refractivity contribution in [3.8, 4) is 5.75 Å². The lowest BCUT2D eigenvalue weighted by Gasteiger charge is -2.44. The van der Waals surface area contributed by atoms with Gasteiger partial charge in [0.2, 0.25) is 0 Å². The smallest absolute Gasteiger partial charge is 0.416 e. The molecule has 0 spiro atoms. The van der Waals surface area contributed by atoms with Crippen LogP contribution in [0.3, 0.4) is 0 Å². The van der Waals surface area contributed by atoms with Gasteiger partial charge >= 0.3 is 6.18 Å². The van der Waals surface area contributed by atoms with Gasteiger partial charge in [-0.3, -0.25) is 9.69 Å². The first-order valence-electron chi connectivity index (χ1n) is 9.82. The quantitative estimate of drug-likeness (QED) is 0.591. The monoisotopic (exact) mass is 458 g/mol. The first kappa shape index (κ1) is 23.3. The van der Waals surface area contributed by atoms with Gasteiger partial charge in [0.25, 0.3) is 5.91 Å².